The van der Waals surface area contributed by atoms with Crippen LogP contribution in [0.3, 0.4) is 0 Å². The molecule has 1 aromatic rings. The first kappa shape index (κ1) is 16.4. The molecule has 2 N–H and O–H groups in total. The van der Waals surface area contributed by atoms with Crippen molar-refractivity contribution >= 4 is 27.2 Å². The Balaban J connectivity index is 2.34. The van der Waals surface area contributed by atoms with Crippen LogP contribution in [0, 0.1) is 6.92 Å². The maximum Gasteiger partial charge on any atom is 0.243 e. The highest BCUT2D eigenvalue weighted by Gasteiger charge is 2.31. The third-order valence-electron chi connectivity index (χ3n) is 4.00. The Labute approximate surface area is 131 Å². The first-order valence-corrected chi connectivity index (χ1v) is 8.69. The van der Waals surface area contributed by atoms with Crippen molar-refractivity contribution in [1.29, 1.82) is 0 Å². The van der Waals surface area contributed by atoms with Crippen molar-refractivity contribution in [3.05, 3.63) is 29.3 Å². The molecule has 0 bridgehead atoms. The van der Waals surface area contributed by atoms with Crippen LogP contribution in [-0.4, -0.2) is 55.3 Å². The lowest BCUT2D eigenvalue weighted by molar-refractivity contribution is 0.159. The molecule has 21 heavy (non-hydrogen) atoms. The van der Waals surface area contributed by atoms with Gasteiger partial charge in [0, 0.05) is 31.2 Å². The predicted molar refractivity (Wildman–Crippen MR) is 87.9 cm³/mol. The highest BCUT2D eigenvalue weighted by molar-refractivity contribution is 7.89. The van der Waals surface area contributed by atoms with Gasteiger partial charge >= 0.3 is 0 Å². The Hall–Kier alpha value is -1.02. The van der Waals surface area contributed by atoms with Gasteiger partial charge in [-0.2, -0.15) is 4.31 Å². The van der Waals surface area contributed by atoms with E-state index < -0.39 is 10.0 Å². The van der Waals surface area contributed by atoms with E-state index in [4.69, 9.17) is 18.0 Å². The van der Waals surface area contributed by atoms with Crippen LogP contribution in [0.4, 0.5) is 0 Å². The molecule has 0 aliphatic carbocycles. The number of nitrogens with two attached hydrogens (primary N) is 1. The van der Waals surface area contributed by atoms with Crippen molar-refractivity contribution in [2.24, 2.45) is 5.73 Å². The molecule has 2 rings (SSSR count). The molecule has 1 aliphatic heterocycles. The molecule has 0 saturated carbocycles. The van der Waals surface area contributed by atoms with E-state index in [1.165, 1.54) is 0 Å². The smallest absolute Gasteiger partial charge is 0.243 e. The number of hydrogen-bond donors (Lipinski definition) is 1. The van der Waals surface area contributed by atoms with Gasteiger partial charge in [-0.05, 0) is 38.6 Å². The second-order valence-electron chi connectivity index (χ2n) is 5.54. The van der Waals surface area contributed by atoms with Crippen LogP contribution in [0.1, 0.15) is 18.1 Å². The molecular weight excluding hydrogens is 306 g/mol. The van der Waals surface area contributed by atoms with Gasteiger partial charge in [0.05, 0.1) is 4.90 Å². The minimum Gasteiger partial charge on any atom is -0.389 e. The van der Waals surface area contributed by atoms with E-state index in [9.17, 15) is 8.42 Å². The quantitative estimate of drug-likeness (QED) is 0.838. The number of hydrogen-bond acceptors (Lipinski definition) is 4. The minimum atomic E-state index is -3.47. The topological polar surface area (TPSA) is 66.6 Å². The highest BCUT2D eigenvalue weighted by atomic mass is 32.2. The lowest BCUT2D eigenvalue weighted by atomic mass is 10.1. The van der Waals surface area contributed by atoms with Crippen LogP contribution in [0.2, 0.25) is 0 Å². The predicted octanol–water partition coefficient (Wildman–Crippen LogP) is 0.954. The standard InChI is InChI=1S/C14H21N3O2S2/c1-10-8-12(14(15)20)4-5-13(10)21(18,19)17-7-6-16(3)11(2)9-17/h4-5,8,11H,6-7,9H2,1-3H3,(H2,15,20). The van der Waals surface area contributed by atoms with E-state index in [0.29, 0.717) is 29.1 Å². The Morgan fingerprint density at radius 3 is 2.57 bits per heavy atom. The van der Waals surface area contributed by atoms with Crippen LogP contribution in [0.5, 0.6) is 0 Å². The summed E-state index contributed by atoms with van der Waals surface area (Å²) in [5.41, 5.74) is 6.95. The van der Waals surface area contributed by atoms with Crippen LogP contribution in [0.25, 0.3) is 0 Å². The molecular formula is C14H21N3O2S2. The Bertz CT molecular complexity index is 658. The fourth-order valence-corrected chi connectivity index (χ4v) is 4.31. The molecule has 1 fully saturated rings. The fraction of sp³-hybridized carbons (Fsp3) is 0.500. The van der Waals surface area contributed by atoms with Crippen LogP contribution < -0.4 is 5.73 Å². The van der Waals surface area contributed by atoms with E-state index in [1.54, 1.807) is 29.4 Å². The van der Waals surface area contributed by atoms with E-state index in [1.807, 2.05) is 14.0 Å². The summed E-state index contributed by atoms with van der Waals surface area (Å²) in [5.74, 6) is 0. The summed E-state index contributed by atoms with van der Waals surface area (Å²) in [6, 6.07) is 5.21. The van der Waals surface area contributed by atoms with Gasteiger partial charge in [-0.3, -0.25) is 0 Å². The van der Waals surface area contributed by atoms with Gasteiger partial charge < -0.3 is 10.6 Å². The average Bonchev–Trinajstić information content (AvgIpc) is 2.41. The van der Waals surface area contributed by atoms with Crippen LogP contribution in [-0.2, 0) is 10.0 Å². The minimum absolute atomic E-state index is 0.213. The molecule has 1 heterocycles. The Morgan fingerprint density at radius 2 is 2.05 bits per heavy atom. The van der Waals surface area contributed by atoms with Crippen molar-refractivity contribution in [3.8, 4) is 0 Å². The second kappa shape index (κ2) is 6.00. The highest BCUT2D eigenvalue weighted by Crippen LogP contribution is 2.23. The van der Waals surface area contributed by atoms with Crippen molar-refractivity contribution in [3.63, 3.8) is 0 Å². The molecule has 7 heteroatoms. The zero-order valence-electron chi connectivity index (χ0n) is 12.5. The Morgan fingerprint density at radius 1 is 1.38 bits per heavy atom. The maximum atomic E-state index is 12.8. The summed E-state index contributed by atoms with van der Waals surface area (Å²) in [4.78, 5) is 2.77. The number of rotatable bonds is 3. The molecule has 0 radical (unpaired) electrons. The molecule has 0 spiro atoms. The van der Waals surface area contributed by atoms with E-state index in [-0.39, 0.29) is 11.0 Å². The lowest BCUT2D eigenvalue weighted by Crippen LogP contribution is -2.51. The molecule has 0 aromatic heterocycles. The second-order valence-corrected chi connectivity index (χ2v) is 7.88. The summed E-state index contributed by atoms with van der Waals surface area (Å²) in [6.45, 7) is 5.57. The van der Waals surface area contributed by atoms with E-state index in [2.05, 4.69) is 4.90 Å². The summed E-state index contributed by atoms with van der Waals surface area (Å²) in [7, 11) is -1.46. The largest absolute Gasteiger partial charge is 0.389 e. The third kappa shape index (κ3) is 3.26. The normalized spacial score (nSPS) is 21.4. The SMILES string of the molecule is Cc1cc(C(N)=S)ccc1S(=O)(=O)N1CCN(C)C(C)C1. The van der Waals surface area contributed by atoms with Gasteiger partial charge in [-0.15, -0.1) is 0 Å². The van der Waals surface area contributed by atoms with Crippen LogP contribution in [0.15, 0.2) is 23.1 Å². The number of sulfonamides is 1. The molecule has 5 nitrogen and oxygen atoms in total. The monoisotopic (exact) mass is 327 g/mol. The van der Waals surface area contributed by atoms with Gasteiger partial charge in [-0.1, -0.05) is 18.3 Å². The van der Waals surface area contributed by atoms with E-state index >= 15 is 0 Å². The molecule has 116 valence electrons. The zero-order chi connectivity index (χ0) is 15.8. The van der Waals surface area contributed by atoms with Crippen molar-refractivity contribution in [2.45, 2.75) is 24.8 Å². The molecule has 0 amide bonds. The third-order valence-corrected chi connectivity index (χ3v) is 6.26. The molecule has 1 unspecified atom stereocenters. The van der Waals surface area contributed by atoms with Crippen LogP contribution >= 0.6 is 12.2 Å². The van der Waals surface area contributed by atoms with E-state index in [0.717, 1.165) is 6.54 Å². The maximum absolute atomic E-state index is 12.8. The number of piperazine rings is 1. The van der Waals surface area contributed by atoms with Crippen molar-refractivity contribution < 1.29 is 8.42 Å². The first-order valence-electron chi connectivity index (χ1n) is 6.84. The molecule has 1 aliphatic rings. The molecule has 1 saturated heterocycles. The van der Waals surface area contributed by atoms with Gasteiger partial charge in [-0.25, -0.2) is 8.42 Å². The zero-order valence-corrected chi connectivity index (χ0v) is 14.2. The van der Waals surface area contributed by atoms with Crippen molar-refractivity contribution in [1.82, 2.24) is 9.21 Å². The summed E-state index contributed by atoms with van der Waals surface area (Å²) in [6.07, 6.45) is 0. The number of likely N-dealkylation sites (N-methyl/N-ethyl adjacent to an activating group) is 1. The number of nitrogens with zero attached hydrogens (tertiary/aromatic N) is 2. The molecule has 1 aromatic carbocycles. The van der Waals surface area contributed by atoms with Gasteiger partial charge in [0.15, 0.2) is 0 Å². The Kier molecular flexibility index (Phi) is 4.67. The number of aryl methyl sites for hydroxylation is 1. The average molecular weight is 327 g/mol. The van der Waals surface area contributed by atoms with Gasteiger partial charge in [0.1, 0.15) is 4.99 Å². The first-order chi connectivity index (χ1) is 9.73. The van der Waals surface area contributed by atoms with Crippen molar-refractivity contribution in [2.75, 3.05) is 26.7 Å². The molecule has 1 atom stereocenters. The summed E-state index contributed by atoms with van der Waals surface area (Å²) >= 11 is 4.92. The number of thiocarbonyl (C=S) groups is 1. The lowest BCUT2D eigenvalue weighted by Gasteiger charge is -2.37. The fourth-order valence-electron chi connectivity index (χ4n) is 2.46. The summed E-state index contributed by atoms with van der Waals surface area (Å²) < 4.78 is 27.1. The van der Waals surface area contributed by atoms with Gasteiger partial charge in [0.2, 0.25) is 10.0 Å². The van der Waals surface area contributed by atoms with Gasteiger partial charge in [0.25, 0.3) is 0 Å². The number of benzene rings is 1. The summed E-state index contributed by atoms with van der Waals surface area (Å²) in [5, 5.41) is 0.